The molecule has 1 saturated heterocycles. The number of ether oxygens (including phenoxy) is 3. The Hall–Kier alpha value is -3.62. The second-order valence-electron chi connectivity index (χ2n) is 6.47. The molecule has 3 rings (SSSR count). The summed E-state index contributed by atoms with van der Waals surface area (Å²) in [7, 11) is 3.03. The Balaban J connectivity index is 1.63. The van der Waals surface area contributed by atoms with Crippen molar-refractivity contribution in [2.45, 2.75) is 13.0 Å². The zero-order valence-electron chi connectivity index (χ0n) is 16.0. The average Bonchev–Trinajstić information content (AvgIpc) is 3.13. The van der Waals surface area contributed by atoms with Crippen molar-refractivity contribution in [1.29, 1.82) is 0 Å². The van der Waals surface area contributed by atoms with E-state index in [9.17, 15) is 19.7 Å². The maximum Gasteiger partial charge on any atom is 0.311 e. The Morgan fingerprint density at radius 1 is 1.17 bits per heavy atom. The standard InChI is InChI=1S/C20H20N2O7/c1-27-16-7-8-17(18(10-16)28-2)21-11-14(9-19(21)23)20(24)29-12-13-3-5-15(6-4-13)22(25)26/h3-8,10,14H,9,11-12H2,1-2H3/t14-/m0/s1. The Bertz CT molecular complexity index is 927. The molecule has 0 N–H and O–H groups in total. The normalized spacial score (nSPS) is 15.9. The number of nitrogens with zero attached hydrogens (tertiary/aromatic N) is 2. The topological polar surface area (TPSA) is 108 Å². The molecule has 0 saturated carbocycles. The minimum atomic E-state index is -0.604. The molecule has 2 aromatic rings. The number of nitro benzene ring substituents is 1. The largest absolute Gasteiger partial charge is 0.497 e. The number of methoxy groups -OCH3 is 2. The summed E-state index contributed by atoms with van der Waals surface area (Å²) in [6.45, 7) is 0.161. The van der Waals surface area contributed by atoms with Crippen LogP contribution in [-0.2, 0) is 20.9 Å². The van der Waals surface area contributed by atoms with Crippen LogP contribution in [0.2, 0.25) is 0 Å². The van der Waals surface area contributed by atoms with Crippen LogP contribution < -0.4 is 14.4 Å². The van der Waals surface area contributed by atoms with E-state index in [1.54, 1.807) is 18.2 Å². The molecule has 152 valence electrons. The van der Waals surface area contributed by atoms with Crippen molar-refractivity contribution in [3.63, 3.8) is 0 Å². The molecule has 1 heterocycles. The number of rotatable bonds is 7. The van der Waals surface area contributed by atoms with Crippen molar-refractivity contribution in [1.82, 2.24) is 0 Å². The van der Waals surface area contributed by atoms with Gasteiger partial charge in [0, 0.05) is 31.2 Å². The van der Waals surface area contributed by atoms with Crippen molar-refractivity contribution < 1.29 is 28.7 Å². The number of carbonyl (C=O) groups is 2. The summed E-state index contributed by atoms with van der Waals surface area (Å²) < 4.78 is 15.8. The maximum absolute atomic E-state index is 12.5. The van der Waals surface area contributed by atoms with Gasteiger partial charge >= 0.3 is 5.97 Å². The molecule has 9 nitrogen and oxygen atoms in total. The molecule has 29 heavy (non-hydrogen) atoms. The number of non-ortho nitro benzene ring substituents is 1. The molecule has 1 amide bonds. The number of esters is 1. The van der Waals surface area contributed by atoms with Crippen molar-refractivity contribution in [2.75, 3.05) is 25.7 Å². The first-order valence-electron chi connectivity index (χ1n) is 8.85. The molecule has 0 aliphatic carbocycles. The molecular formula is C20H20N2O7. The van der Waals surface area contributed by atoms with Crippen LogP contribution in [0.1, 0.15) is 12.0 Å². The smallest absolute Gasteiger partial charge is 0.311 e. The van der Waals surface area contributed by atoms with E-state index in [1.165, 1.54) is 43.4 Å². The fraction of sp³-hybridized carbons (Fsp3) is 0.300. The molecule has 2 aromatic carbocycles. The third-order valence-electron chi connectivity index (χ3n) is 4.66. The number of amides is 1. The average molecular weight is 400 g/mol. The van der Waals surface area contributed by atoms with Crippen LogP contribution >= 0.6 is 0 Å². The van der Waals surface area contributed by atoms with Crippen LogP contribution in [-0.4, -0.2) is 37.6 Å². The third-order valence-corrected chi connectivity index (χ3v) is 4.66. The second-order valence-corrected chi connectivity index (χ2v) is 6.47. The van der Waals surface area contributed by atoms with E-state index in [0.717, 1.165) is 0 Å². The summed E-state index contributed by atoms with van der Waals surface area (Å²) >= 11 is 0. The van der Waals surface area contributed by atoms with E-state index in [0.29, 0.717) is 22.7 Å². The van der Waals surface area contributed by atoms with Gasteiger partial charge in [-0.15, -0.1) is 0 Å². The highest BCUT2D eigenvalue weighted by atomic mass is 16.6. The molecule has 1 aliphatic heterocycles. The first kappa shape index (κ1) is 20.1. The van der Waals surface area contributed by atoms with Gasteiger partial charge in [-0.1, -0.05) is 0 Å². The lowest BCUT2D eigenvalue weighted by Crippen LogP contribution is -2.26. The van der Waals surface area contributed by atoms with Gasteiger partial charge in [0.1, 0.15) is 18.1 Å². The quantitative estimate of drug-likeness (QED) is 0.399. The third kappa shape index (κ3) is 4.45. The number of benzene rings is 2. The number of hydrogen-bond donors (Lipinski definition) is 0. The van der Waals surface area contributed by atoms with Crippen LogP contribution in [0.4, 0.5) is 11.4 Å². The van der Waals surface area contributed by atoms with E-state index in [4.69, 9.17) is 14.2 Å². The highest BCUT2D eigenvalue weighted by molar-refractivity contribution is 6.00. The van der Waals surface area contributed by atoms with Gasteiger partial charge in [0.2, 0.25) is 5.91 Å². The lowest BCUT2D eigenvalue weighted by Gasteiger charge is -2.20. The van der Waals surface area contributed by atoms with Crippen LogP contribution in [0.15, 0.2) is 42.5 Å². The van der Waals surface area contributed by atoms with Gasteiger partial charge in [0.25, 0.3) is 5.69 Å². The minimum Gasteiger partial charge on any atom is -0.497 e. The van der Waals surface area contributed by atoms with Crippen LogP contribution in [0.5, 0.6) is 11.5 Å². The van der Waals surface area contributed by atoms with Crippen molar-refractivity contribution in [3.8, 4) is 11.5 Å². The molecule has 0 aromatic heterocycles. The van der Waals surface area contributed by atoms with E-state index in [2.05, 4.69) is 0 Å². The van der Waals surface area contributed by atoms with E-state index in [-0.39, 0.29) is 31.2 Å². The zero-order valence-corrected chi connectivity index (χ0v) is 16.0. The van der Waals surface area contributed by atoms with Crippen molar-refractivity contribution in [2.24, 2.45) is 5.92 Å². The minimum absolute atomic E-state index is 0.0205. The van der Waals surface area contributed by atoms with E-state index >= 15 is 0 Å². The summed E-state index contributed by atoms with van der Waals surface area (Å²) in [5, 5.41) is 10.7. The van der Waals surface area contributed by atoms with Gasteiger partial charge in [0.15, 0.2) is 0 Å². The fourth-order valence-corrected chi connectivity index (χ4v) is 3.09. The summed E-state index contributed by atoms with van der Waals surface area (Å²) in [4.78, 5) is 36.5. The second kappa shape index (κ2) is 8.59. The summed E-state index contributed by atoms with van der Waals surface area (Å²) in [6, 6.07) is 10.8. The molecular weight excluding hydrogens is 380 g/mol. The van der Waals surface area contributed by atoms with Crippen LogP contribution in [0.25, 0.3) is 0 Å². The predicted molar refractivity (Wildman–Crippen MR) is 103 cm³/mol. The highest BCUT2D eigenvalue weighted by Crippen LogP contribution is 2.36. The lowest BCUT2D eigenvalue weighted by molar-refractivity contribution is -0.384. The highest BCUT2D eigenvalue weighted by Gasteiger charge is 2.37. The number of hydrogen-bond acceptors (Lipinski definition) is 7. The van der Waals surface area contributed by atoms with Gasteiger partial charge in [0.05, 0.1) is 30.7 Å². The Morgan fingerprint density at radius 3 is 2.52 bits per heavy atom. The monoisotopic (exact) mass is 400 g/mol. The van der Waals surface area contributed by atoms with Crippen LogP contribution in [0.3, 0.4) is 0 Å². The molecule has 0 spiro atoms. The molecule has 1 fully saturated rings. The van der Waals surface area contributed by atoms with E-state index < -0.39 is 16.8 Å². The number of carbonyl (C=O) groups excluding carboxylic acids is 2. The van der Waals surface area contributed by atoms with Gasteiger partial charge in [-0.25, -0.2) is 0 Å². The zero-order chi connectivity index (χ0) is 21.0. The van der Waals surface area contributed by atoms with Gasteiger partial charge < -0.3 is 19.1 Å². The fourth-order valence-electron chi connectivity index (χ4n) is 3.09. The van der Waals surface area contributed by atoms with E-state index in [1.807, 2.05) is 0 Å². The van der Waals surface area contributed by atoms with Gasteiger partial charge in [-0.3, -0.25) is 19.7 Å². The molecule has 0 unspecified atom stereocenters. The van der Waals surface area contributed by atoms with Crippen molar-refractivity contribution >= 4 is 23.3 Å². The molecule has 1 atom stereocenters. The molecule has 9 heteroatoms. The Morgan fingerprint density at radius 2 is 1.90 bits per heavy atom. The van der Waals surface area contributed by atoms with Gasteiger partial charge in [-0.2, -0.15) is 0 Å². The Labute approximate surface area is 166 Å². The summed E-state index contributed by atoms with van der Waals surface area (Å²) in [5.74, 6) is -0.237. The van der Waals surface area contributed by atoms with Gasteiger partial charge in [-0.05, 0) is 29.8 Å². The maximum atomic E-state index is 12.5. The number of nitro groups is 1. The number of anilines is 1. The molecule has 1 aliphatic rings. The first-order valence-corrected chi connectivity index (χ1v) is 8.85. The van der Waals surface area contributed by atoms with Crippen molar-refractivity contribution in [3.05, 3.63) is 58.1 Å². The van der Waals surface area contributed by atoms with Crippen LogP contribution in [0, 0.1) is 16.0 Å². The lowest BCUT2D eigenvalue weighted by atomic mass is 10.1. The molecule has 0 bridgehead atoms. The SMILES string of the molecule is COc1ccc(N2C[C@@H](C(=O)OCc3ccc([N+](=O)[O-])cc3)CC2=O)c(OC)c1. The predicted octanol–water partition coefficient (Wildman–Crippen LogP) is 2.71. The Kier molecular flexibility index (Phi) is 5.96. The summed E-state index contributed by atoms with van der Waals surface area (Å²) in [5.41, 5.74) is 1.15. The summed E-state index contributed by atoms with van der Waals surface area (Å²) in [6.07, 6.45) is 0.0360. The first-order chi connectivity index (χ1) is 13.9. The molecule has 0 radical (unpaired) electrons.